The van der Waals surface area contributed by atoms with Crippen molar-refractivity contribution >= 4 is 11.7 Å². The number of oxime groups is 1. The largest absolute Gasteiger partial charge is 0.411 e. The first kappa shape index (κ1) is 12.2. The third-order valence-corrected chi connectivity index (χ3v) is 3.73. The highest BCUT2D eigenvalue weighted by molar-refractivity contribution is 5.88. The van der Waals surface area contributed by atoms with Gasteiger partial charge in [0.15, 0.2) is 0 Å². The summed E-state index contributed by atoms with van der Waals surface area (Å²) >= 11 is 0. The topological polar surface area (TPSA) is 56.1 Å². The Hall–Kier alpha value is -1.26. The zero-order chi connectivity index (χ0) is 12.3. The average molecular weight is 239 g/mol. The molecule has 0 radical (unpaired) electrons. The molecule has 0 saturated carbocycles. The summed E-state index contributed by atoms with van der Waals surface area (Å²) < 4.78 is 0. The van der Waals surface area contributed by atoms with E-state index < -0.39 is 0 Å². The number of nitrogens with zero attached hydrogens (tertiary/aromatic N) is 3. The van der Waals surface area contributed by atoms with Crippen LogP contribution in [0.4, 0.5) is 4.79 Å². The number of hydrogen-bond acceptors (Lipinski definition) is 3. The molecule has 0 bridgehead atoms. The molecule has 2 fully saturated rings. The number of carbonyl (C=O) groups is 1. The third-order valence-electron chi connectivity index (χ3n) is 3.73. The second-order valence-corrected chi connectivity index (χ2v) is 5.02. The Morgan fingerprint density at radius 1 is 1.24 bits per heavy atom. The van der Waals surface area contributed by atoms with Crippen LogP contribution in [-0.4, -0.2) is 52.9 Å². The number of piperidine rings is 2. The fourth-order valence-corrected chi connectivity index (χ4v) is 2.63. The maximum absolute atomic E-state index is 12.2. The first-order valence-corrected chi connectivity index (χ1v) is 6.47. The molecule has 2 amide bonds. The lowest BCUT2D eigenvalue weighted by molar-refractivity contribution is 0.137. The molecule has 2 aliphatic heterocycles. The van der Waals surface area contributed by atoms with Crippen LogP contribution in [0.5, 0.6) is 0 Å². The molecule has 0 aromatic rings. The quantitative estimate of drug-likeness (QED) is 0.517. The molecule has 2 rings (SSSR count). The fourth-order valence-electron chi connectivity index (χ4n) is 2.63. The molecule has 1 unspecified atom stereocenters. The molecule has 0 spiro atoms. The summed E-state index contributed by atoms with van der Waals surface area (Å²) in [6, 6.07) is 0.161. The van der Waals surface area contributed by atoms with E-state index in [9.17, 15) is 4.79 Å². The molecule has 5 heteroatoms. The van der Waals surface area contributed by atoms with E-state index in [0.29, 0.717) is 19.5 Å². The predicted octanol–water partition coefficient (Wildman–Crippen LogP) is 1.76. The minimum absolute atomic E-state index is 0.161. The SMILES string of the molecule is CC1CN(C(=O)N2CCCCC2)CCC1=NO. The van der Waals surface area contributed by atoms with Gasteiger partial charge in [-0.3, -0.25) is 0 Å². The van der Waals surface area contributed by atoms with Crippen molar-refractivity contribution in [1.82, 2.24) is 9.80 Å². The molecule has 2 saturated heterocycles. The van der Waals surface area contributed by atoms with Crippen LogP contribution in [0, 0.1) is 5.92 Å². The Bertz CT molecular complexity index is 311. The van der Waals surface area contributed by atoms with Crippen molar-refractivity contribution in [1.29, 1.82) is 0 Å². The monoisotopic (exact) mass is 239 g/mol. The van der Waals surface area contributed by atoms with E-state index in [2.05, 4.69) is 5.16 Å². The second kappa shape index (κ2) is 5.38. The smallest absolute Gasteiger partial charge is 0.320 e. The molecule has 1 atom stereocenters. The van der Waals surface area contributed by atoms with Gasteiger partial charge < -0.3 is 15.0 Å². The molecule has 0 aromatic carbocycles. The van der Waals surface area contributed by atoms with Crippen LogP contribution >= 0.6 is 0 Å². The Balaban J connectivity index is 1.92. The van der Waals surface area contributed by atoms with Crippen LogP contribution in [0.15, 0.2) is 5.16 Å². The zero-order valence-corrected chi connectivity index (χ0v) is 10.4. The number of urea groups is 1. The maximum Gasteiger partial charge on any atom is 0.320 e. The van der Waals surface area contributed by atoms with Gasteiger partial charge in [-0.2, -0.15) is 0 Å². The van der Waals surface area contributed by atoms with Gasteiger partial charge >= 0.3 is 6.03 Å². The van der Waals surface area contributed by atoms with E-state index in [1.54, 1.807) is 0 Å². The lowest BCUT2D eigenvalue weighted by atomic mass is 9.98. The predicted molar refractivity (Wildman–Crippen MR) is 65.4 cm³/mol. The van der Waals surface area contributed by atoms with E-state index in [-0.39, 0.29) is 11.9 Å². The summed E-state index contributed by atoms with van der Waals surface area (Å²) in [5, 5.41) is 12.1. The van der Waals surface area contributed by atoms with Crippen LogP contribution in [0.1, 0.15) is 32.6 Å². The van der Waals surface area contributed by atoms with Gasteiger partial charge in [-0.15, -0.1) is 0 Å². The Morgan fingerprint density at radius 2 is 1.94 bits per heavy atom. The van der Waals surface area contributed by atoms with E-state index in [0.717, 1.165) is 31.6 Å². The summed E-state index contributed by atoms with van der Waals surface area (Å²) in [6.45, 7) is 5.15. The minimum Gasteiger partial charge on any atom is -0.411 e. The Kier molecular flexibility index (Phi) is 3.86. The van der Waals surface area contributed by atoms with E-state index >= 15 is 0 Å². The summed E-state index contributed by atoms with van der Waals surface area (Å²) in [5.74, 6) is 0.169. The van der Waals surface area contributed by atoms with Crippen molar-refractivity contribution in [3.8, 4) is 0 Å². The fraction of sp³-hybridized carbons (Fsp3) is 0.833. The highest BCUT2D eigenvalue weighted by Crippen LogP contribution is 2.17. The van der Waals surface area contributed by atoms with Crippen molar-refractivity contribution in [3.05, 3.63) is 0 Å². The van der Waals surface area contributed by atoms with Crippen molar-refractivity contribution < 1.29 is 10.0 Å². The minimum atomic E-state index is 0.161. The zero-order valence-electron chi connectivity index (χ0n) is 10.4. The highest BCUT2D eigenvalue weighted by Gasteiger charge is 2.29. The normalized spacial score (nSPS) is 28.5. The van der Waals surface area contributed by atoms with E-state index in [1.165, 1.54) is 6.42 Å². The number of hydrogen-bond donors (Lipinski definition) is 1. The van der Waals surface area contributed by atoms with E-state index in [4.69, 9.17) is 5.21 Å². The van der Waals surface area contributed by atoms with Crippen molar-refractivity contribution in [2.75, 3.05) is 26.2 Å². The molecule has 2 heterocycles. The number of amides is 2. The molecule has 96 valence electrons. The summed E-state index contributed by atoms with van der Waals surface area (Å²) in [6.07, 6.45) is 4.18. The van der Waals surface area contributed by atoms with Gasteiger partial charge in [0.25, 0.3) is 0 Å². The maximum atomic E-state index is 12.2. The Morgan fingerprint density at radius 3 is 2.53 bits per heavy atom. The molecular formula is C12H21N3O2. The number of likely N-dealkylation sites (tertiary alicyclic amines) is 2. The van der Waals surface area contributed by atoms with Gasteiger partial charge in [0.05, 0.1) is 5.71 Å². The lowest BCUT2D eigenvalue weighted by Gasteiger charge is -2.37. The second-order valence-electron chi connectivity index (χ2n) is 5.02. The molecular weight excluding hydrogens is 218 g/mol. The van der Waals surface area contributed by atoms with Crippen molar-refractivity contribution in [2.24, 2.45) is 11.1 Å². The molecule has 0 aliphatic carbocycles. The average Bonchev–Trinajstić information content (AvgIpc) is 2.39. The number of carbonyl (C=O) groups excluding carboxylic acids is 1. The summed E-state index contributed by atoms with van der Waals surface area (Å²) in [4.78, 5) is 16.1. The van der Waals surface area contributed by atoms with Gasteiger partial charge in [0.2, 0.25) is 0 Å². The molecule has 17 heavy (non-hydrogen) atoms. The van der Waals surface area contributed by atoms with Crippen LogP contribution in [-0.2, 0) is 0 Å². The number of rotatable bonds is 0. The summed E-state index contributed by atoms with van der Waals surface area (Å²) in [5.41, 5.74) is 0.813. The van der Waals surface area contributed by atoms with Crippen molar-refractivity contribution in [3.63, 3.8) is 0 Å². The van der Waals surface area contributed by atoms with Crippen LogP contribution in [0.3, 0.4) is 0 Å². The highest BCUT2D eigenvalue weighted by atomic mass is 16.4. The standard InChI is InChI=1S/C12H21N3O2/c1-10-9-15(8-5-11(10)13-17)12(16)14-6-3-2-4-7-14/h10,17H,2-9H2,1H3. The third kappa shape index (κ3) is 2.70. The Labute approximate surface area is 102 Å². The molecule has 1 N–H and O–H groups in total. The molecule has 0 aromatic heterocycles. The van der Waals surface area contributed by atoms with Crippen LogP contribution in [0.25, 0.3) is 0 Å². The molecule has 5 nitrogen and oxygen atoms in total. The lowest BCUT2D eigenvalue weighted by Crippen LogP contribution is -2.50. The van der Waals surface area contributed by atoms with Gasteiger partial charge in [0, 0.05) is 38.5 Å². The van der Waals surface area contributed by atoms with Gasteiger partial charge in [-0.05, 0) is 19.3 Å². The first-order valence-electron chi connectivity index (χ1n) is 6.47. The summed E-state index contributed by atoms with van der Waals surface area (Å²) in [7, 11) is 0. The van der Waals surface area contributed by atoms with Crippen LogP contribution in [0.2, 0.25) is 0 Å². The van der Waals surface area contributed by atoms with Crippen LogP contribution < -0.4 is 0 Å². The van der Waals surface area contributed by atoms with Gasteiger partial charge in [-0.25, -0.2) is 4.79 Å². The van der Waals surface area contributed by atoms with Gasteiger partial charge in [0.1, 0.15) is 0 Å². The molecule has 2 aliphatic rings. The van der Waals surface area contributed by atoms with Crippen molar-refractivity contribution in [2.45, 2.75) is 32.6 Å². The van der Waals surface area contributed by atoms with E-state index in [1.807, 2.05) is 16.7 Å². The van der Waals surface area contributed by atoms with Gasteiger partial charge in [-0.1, -0.05) is 12.1 Å². The first-order chi connectivity index (χ1) is 8.22.